The Bertz CT molecular complexity index is 1340. The number of carbonyl (C=O) groups excluding carboxylic acids is 2. The monoisotopic (exact) mass is 493 g/mol. The average molecular weight is 494 g/mol. The molecule has 0 unspecified atom stereocenters. The van der Waals surface area contributed by atoms with Gasteiger partial charge < -0.3 is 20.1 Å². The lowest BCUT2D eigenvalue weighted by molar-refractivity contribution is -0.131. The molecule has 2 amide bonds. The van der Waals surface area contributed by atoms with E-state index in [-0.39, 0.29) is 29.3 Å². The van der Waals surface area contributed by atoms with E-state index in [1.165, 1.54) is 0 Å². The molecule has 1 aromatic heterocycles. The first-order chi connectivity index (χ1) is 16.8. The number of benzene rings is 2. The minimum Gasteiger partial charge on any atom is -0.367 e. The number of halogens is 1. The normalized spacial score (nSPS) is 16.9. The molecule has 182 valence electrons. The summed E-state index contributed by atoms with van der Waals surface area (Å²) in [5.41, 5.74) is 1.79. The lowest BCUT2D eigenvalue weighted by Crippen LogP contribution is -2.49. The van der Waals surface area contributed by atoms with Gasteiger partial charge in [-0.05, 0) is 50.1 Å². The summed E-state index contributed by atoms with van der Waals surface area (Å²) >= 11 is 6.53. The van der Waals surface area contributed by atoms with Gasteiger partial charge in [-0.15, -0.1) is 0 Å². The maximum atomic E-state index is 12.8. The van der Waals surface area contributed by atoms with Crippen LogP contribution in [0.5, 0.6) is 0 Å². The van der Waals surface area contributed by atoms with Crippen molar-refractivity contribution in [1.29, 1.82) is 0 Å². The summed E-state index contributed by atoms with van der Waals surface area (Å²) in [7, 11) is 0. The first-order valence-corrected chi connectivity index (χ1v) is 12.3. The van der Waals surface area contributed by atoms with Crippen LogP contribution in [0.15, 0.2) is 47.3 Å². The average Bonchev–Trinajstić information content (AvgIpc) is 3.59. The number of H-pyrrole nitrogens is 1. The molecule has 9 heteroatoms. The van der Waals surface area contributed by atoms with E-state index in [2.05, 4.69) is 20.2 Å². The maximum absolute atomic E-state index is 12.8. The summed E-state index contributed by atoms with van der Waals surface area (Å²) in [4.78, 5) is 48.7. The second-order valence-electron chi connectivity index (χ2n) is 9.58. The van der Waals surface area contributed by atoms with Crippen LogP contribution in [0.4, 0.5) is 5.69 Å². The number of hydrogen-bond acceptors (Lipinski definition) is 5. The zero-order valence-corrected chi connectivity index (χ0v) is 20.4. The number of anilines is 1. The van der Waals surface area contributed by atoms with E-state index in [1.54, 1.807) is 30.3 Å². The van der Waals surface area contributed by atoms with Gasteiger partial charge in [-0.25, -0.2) is 4.98 Å². The predicted octanol–water partition coefficient (Wildman–Crippen LogP) is 3.14. The van der Waals surface area contributed by atoms with Gasteiger partial charge in [0, 0.05) is 50.1 Å². The fraction of sp³-hybridized carbons (Fsp3) is 0.385. The van der Waals surface area contributed by atoms with Gasteiger partial charge in [-0.2, -0.15) is 0 Å². The number of aromatic nitrogens is 2. The maximum Gasteiger partial charge on any atom is 0.258 e. The van der Waals surface area contributed by atoms with Crippen LogP contribution in [0.25, 0.3) is 10.9 Å². The summed E-state index contributed by atoms with van der Waals surface area (Å²) in [6.07, 6.45) is 2.67. The molecule has 35 heavy (non-hydrogen) atoms. The number of para-hydroxylation sites is 1. The molecule has 2 fully saturated rings. The summed E-state index contributed by atoms with van der Waals surface area (Å²) in [6, 6.07) is 12.6. The molecule has 2 aliphatic rings. The van der Waals surface area contributed by atoms with Crippen LogP contribution < -0.4 is 15.8 Å². The molecule has 8 nitrogen and oxygen atoms in total. The molecule has 2 heterocycles. The first kappa shape index (κ1) is 23.4. The summed E-state index contributed by atoms with van der Waals surface area (Å²) in [6.45, 7) is 4.51. The fourth-order valence-electron chi connectivity index (χ4n) is 4.40. The van der Waals surface area contributed by atoms with E-state index in [4.69, 9.17) is 11.6 Å². The van der Waals surface area contributed by atoms with Crippen molar-refractivity contribution in [3.63, 3.8) is 0 Å². The smallest absolute Gasteiger partial charge is 0.258 e. The van der Waals surface area contributed by atoms with Crippen molar-refractivity contribution in [2.75, 3.05) is 31.1 Å². The SMILES string of the molecule is CC1(NC(=O)c2ccc(N3CCN(C(=O)CCc4nc5ccccc5c(=O)[nH]4)CC3)c(Cl)c2)CC1. The molecule has 1 saturated heterocycles. The molecule has 0 radical (unpaired) electrons. The van der Waals surface area contributed by atoms with Crippen LogP contribution in [0.2, 0.25) is 5.02 Å². The molecule has 0 bridgehead atoms. The Morgan fingerprint density at radius 2 is 1.86 bits per heavy atom. The van der Waals surface area contributed by atoms with E-state index in [0.717, 1.165) is 18.5 Å². The number of nitrogens with zero attached hydrogens (tertiary/aromatic N) is 3. The Balaban J connectivity index is 1.15. The van der Waals surface area contributed by atoms with Crippen LogP contribution in [0.3, 0.4) is 0 Å². The molecule has 1 aliphatic carbocycles. The van der Waals surface area contributed by atoms with Crippen LogP contribution in [-0.2, 0) is 11.2 Å². The van der Waals surface area contributed by atoms with Crippen LogP contribution in [0, 0.1) is 0 Å². The van der Waals surface area contributed by atoms with E-state index >= 15 is 0 Å². The van der Waals surface area contributed by atoms with Crippen molar-refractivity contribution in [2.45, 2.75) is 38.1 Å². The predicted molar refractivity (Wildman–Crippen MR) is 136 cm³/mol. The number of carbonyl (C=O) groups is 2. The standard InChI is InChI=1S/C26H28ClN5O3/c1-26(10-11-26)30-24(34)17-6-7-21(19(27)16-17)31-12-14-32(15-13-31)23(33)9-8-22-28-20-5-3-2-4-18(20)25(35)29-22/h2-7,16H,8-15H2,1H3,(H,30,34)(H,28,29,35). The zero-order chi connectivity index (χ0) is 24.6. The Hall–Kier alpha value is -3.39. The lowest BCUT2D eigenvalue weighted by atomic mass is 10.1. The molecule has 1 saturated carbocycles. The number of amides is 2. The molecular formula is C26H28ClN5O3. The molecule has 0 atom stereocenters. The number of fused-ring (bicyclic) bond motifs is 1. The highest BCUT2D eigenvalue weighted by molar-refractivity contribution is 6.33. The lowest BCUT2D eigenvalue weighted by Gasteiger charge is -2.36. The number of rotatable bonds is 6. The zero-order valence-electron chi connectivity index (χ0n) is 19.6. The largest absolute Gasteiger partial charge is 0.367 e. The van der Waals surface area contributed by atoms with Crippen molar-refractivity contribution >= 4 is 40.0 Å². The topological polar surface area (TPSA) is 98.4 Å². The van der Waals surface area contributed by atoms with E-state index in [0.29, 0.717) is 59.9 Å². The van der Waals surface area contributed by atoms with Crippen molar-refractivity contribution in [2.24, 2.45) is 0 Å². The second kappa shape index (κ2) is 9.34. The van der Waals surface area contributed by atoms with Gasteiger partial charge >= 0.3 is 0 Å². The van der Waals surface area contributed by atoms with E-state index in [1.807, 2.05) is 24.0 Å². The Kier molecular flexibility index (Phi) is 6.23. The van der Waals surface area contributed by atoms with Gasteiger partial charge in [0.2, 0.25) is 5.91 Å². The summed E-state index contributed by atoms with van der Waals surface area (Å²) < 4.78 is 0. The minimum absolute atomic E-state index is 0.0344. The van der Waals surface area contributed by atoms with Crippen molar-refractivity contribution < 1.29 is 9.59 Å². The third kappa shape index (κ3) is 5.17. The van der Waals surface area contributed by atoms with Crippen LogP contribution in [-0.4, -0.2) is 58.4 Å². The Morgan fingerprint density at radius 3 is 2.57 bits per heavy atom. The number of nitrogens with one attached hydrogen (secondary N) is 2. The molecule has 1 aliphatic heterocycles. The number of aryl methyl sites for hydroxylation is 1. The number of hydrogen-bond donors (Lipinski definition) is 2. The number of aromatic amines is 1. The molecule has 2 N–H and O–H groups in total. The summed E-state index contributed by atoms with van der Waals surface area (Å²) in [5, 5.41) is 4.12. The molecule has 2 aromatic carbocycles. The minimum atomic E-state index is -0.186. The van der Waals surface area contributed by atoms with Crippen molar-refractivity contribution in [3.8, 4) is 0 Å². The second-order valence-corrected chi connectivity index (χ2v) is 9.99. The van der Waals surface area contributed by atoms with Gasteiger partial charge in [-0.3, -0.25) is 14.4 Å². The third-order valence-electron chi connectivity index (χ3n) is 6.84. The van der Waals surface area contributed by atoms with Gasteiger partial charge in [0.15, 0.2) is 0 Å². The van der Waals surface area contributed by atoms with Crippen molar-refractivity contribution in [1.82, 2.24) is 20.2 Å². The molecule has 0 spiro atoms. The quantitative estimate of drug-likeness (QED) is 0.549. The number of piperazine rings is 1. The first-order valence-electron chi connectivity index (χ1n) is 11.9. The Labute approximate surface area is 208 Å². The van der Waals surface area contributed by atoms with Gasteiger partial charge in [0.25, 0.3) is 11.5 Å². The third-order valence-corrected chi connectivity index (χ3v) is 7.14. The molecule has 5 rings (SSSR count). The van der Waals surface area contributed by atoms with Crippen molar-refractivity contribution in [3.05, 3.63) is 69.2 Å². The Morgan fingerprint density at radius 1 is 1.11 bits per heavy atom. The van der Waals surface area contributed by atoms with Gasteiger partial charge in [0.05, 0.1) is 21.6 Å². The van der Waals surface area contributed by atoms with Crippen LogP contribution >= 0.6 is 11.6 Å². The van der Waals surface area contributed by atoms with Crippen LogP contribution in [0.1, 0.15) is 42.4 Å². The van der Waals surface area contributed by atoms with E-state index < -0.39 is 0 Å². The molecular weight excluding hydrogens is 466 g/mol. The highest BCUT2D eigenvalue weighted by atomic mass is 35.5. The van der Waals surface area contributed by atoms with E-state index in [9.17, 15) is 14.4 Å². The molecule has 3 aromatic rings. The van der Waals surface area contributed by atoms with Gasteiger partial charge in [0.1, 0.15) is 5.82 Å². The fourth-order valence-corrected chi connectivity index (χ4v) is 4.70. The van der Waals surface area contributed by atoms with Gasteiger partial charge in [-0.1, -0.05) is 23.7 Å². The highest BCUT2D eigenvalue weighted by Gasteiger charge is 2.38. The highest BCUT2D eigenvalue weighted by Crippen LogP contribution is 2.35. The summed E-state index contributed by atoms with van der Waals surface area (Å²) in [5.74, 6) is 0.454.